The van der Waals surface area contributed by atoms with Gasteiger partial charge >= 0.3 is 0 Å². The maximum Gasteiger partial charge on any atom is 0.254 e. The van der Waals surface area contributed by atoms with Gasteiger partial charge in [-0.2, -0.15) is 5.10 Å². The van der Waals surface area contributed by atoms with Crippen molar-refractivity contribution >= 4 is 5.91 Å². The van der Waals surface area contributed by atoms with Crippen LogP contribution in [0.3, 0.4) is 0 Å². The summed E-state index contributed by atoms with van der Waals surface area (Å²) >= 11 is 0. The van der Waals surface area contributed by atoms with E-state index < -0.39 is 0 Å². The molecule has 0 radical (unpaired) electrons. The Balaban J connectivity index is 1.56. The molecule has 138 valence electrons. The van der Waals surface area contributed by atoms with Crippen LogP contribution in [0.1, 0.15) is 18.2 Å². The van der Waals surface area contributed by atoms with Crippen LogP contribution in [0.15, 0.2) is 53.6 Å². The van der Waals surface area contributed by atoms with Gasteiger partial charge in [0.1, 0.15) is 5.82 Å². The number of rotatable bonds is 4. The van der Waals surface area contributed by atoms with E-state index in [1.807, 2.05) is 49.5 Å². The number of fused-ring (bicyclic) bond motifs is 1. The van der Waals surface area contributed by atoms with Crippen molar-refractivity contribution in [2.75, 3.05) is 6.54 Å². The van der Waals surface area contributed by atoms with Crippen LogP contribution in [0.5, 0.6) is 0 Å². The molecule has 27 heavy (non-hydrogen) atoms. The summed E-state index contributed by atoms with van der Waals surface area (Å²) in [6.07, 6.45) is 4.07. The second-order valence-corrected chi connectivity index (χ2v) is 6.84. The standard InChI is InChI=1S/C20H21N5O2/c1-14(12-25-10-5-9-21-25)20(27)24-11-8-16-17(13-24)22-18(23-19(16)26)15-6-3-2-4-7-15/h2-7,9-10,14H,8,11-13H2,1H3,(H,22,23,26)/t14-/m0/s1. The van der Waals surface area contributed by atoms with Crippen molar-refractivity contribution in [1.29, 1.82) is 0 Å². The van der Waals surface area contributed by atoms with E-state index in [2.05, 4.69) is 15.1 Å². The first-order chi connectivity index (χ1) is 13.1. The Hall–Kier alpha value is -3.22. The third-order valence-corrected chi connectivity index (χ3v) is 4.87. The van der Waals surface area contributed by atoms with E-state index in [4.69, 9.17) is 0 Å². The van der Waals surface area contributed by atoms with Crippen molar-refractivity contribution in [2.24, 2.45) is 5.92 Å². The zero-order chi connectivity index (χ0) is 18.8. The highest BCUT2D eigenvalue weighted by atomic mass is 16.2. The van der Waals surface area contributed by atoms with E-state index in [9.17, 15) is 9.59 Å². The second kappa shape index (κ2) is 7.19. The number of nitrogens with one attached hydrogen (secondary N) is 1. The molecule has 7 nitrogen and oxygen atoms in total. The van der Waals surface area contributed by atoms with Gasteiger partial charge in [0.2, 0.25) is 5.91 Å². The number of amides is 1. The van der Waals surface area contributed by atoms with Crippen molar-refractivity contribution in [2.45, 2.75) is 26.4 Å². The molecule has 1 aromatic carbocycles. The smallest absolute Gasteiger partial charge is 0.254 e. The van der Waals surface area contributed by atoms with Crippen molar-refractivity contribution in [3.05, 3.63) is 70.4 Å². The van der Waals surface area contributed by atoms with Crippen LogP contribution in [-0.4, -0.2) is 37.1 Å². The monoisotopic (exact) mass is 363 g/mol. The predicted octanol–water partition coefficient (Wildman–Crippen LogP) is 1.85. The average Bonchev–Trinajstić information content (AvgIpc) is 3.20. The minimum Gasteiger partial charge on any atom is -0.336 e. The van der Waals surface area contributed by atoms with Crippen LogP contribution in [-0.2, 0) is 24.3 Å². The van der Waals surface area contributed by atoms with Gasteiger partial charge in [-0.25, -0.2) is 4.98 Å². The second-order valence-electron chi connectivity index (χ2n) is 6.84. The molecule has 1 aliphatic rings. The Bertz CT molecular complexity index is 995. The molecule has 0 bridgehead atoms. The Kier molecular flexibility index (Phi) is 4.58. The summed E-state index contributed by atoms with van der Waals surface area (Å²) in [6, 6.07) is 11.4. The van der Waals surface area contributed by atoms with E-state index in [0.717, 1.165) is 5.56 Å². The van der Waals surface area contributed by atoms with E-state index in [0.29, 0.717) is 43.1 Å². The van der Waals surface area contributed by atoms with Gasteiger partial charge in [0.05, 0.1) is 24.7 Å². The SMILES string of the molecule is C[C@@H](Cn1cccn1)C(=O)N1CCc2c(nc(-c3ccccc3)[nH]c2=O)C1. The quantitative estimate of drug-likeness (QED) is 0.767. The Morgan fingerprint density at radius 3 is 2.81 bits per heavy atom. The van der Waals surface area contributed by atoms with Crippen LogP contribution in [0.25, 0.3) is 11.4 Å². The summed E-state index contributed by atoms with van der Waals surface area (Å²) in [5, 5.41) is 4.16. The fourth-order valence-corrected chi connectivity index (χ4v) is 3.44. The van der Waals surface area contributed by atoms with Crippen molar-refractivity contribution < 1.29 is 4.79 Å². The van der Waals surface area contributed by atoms with Crippen molar-refractivity contribution in [3.8, 4) is 11.4 Å². The molecule has 0 aliphatic carbocycles. The minimum absolute atomic E-state index is 0.0551. The molecular weight excluding hydrogens is 342 g/mol. The molecule has 2 aromatic heterocycles. The van der Waals surface area contributed by atoms with Gasteiger partial charge in [0.25, 0.3) is 5.56 Å². The van der Waals surface area contributed by atoms with Gasteiger partial charge in [0.15, 0.2) is 0 Å². The normalized spacial score (nSPS) is 14.6. The van der Waals surface area contributed by atoms with Crippen LogP contribution in [0.2, 0.25) is 0 Å². The van der Waals surface area contributed by atoms with Crippen molar-refractivity contribution in [1.82, 2.24) is 24.6 Å². The number of carbonyl (C=O) groups is 1. The van der Waals surface area contributed by atoms with Gasteiger partial charge in [-0.1, -0.05) is 37.3 Å². The Morgan fingerprint density at radius 2 is 2.07 bits per heavy atom. The summed E-state index contributed by atoms with van der Waals surface area (Å²) < 4.78 is 1.76. The first-order valence-corrected chi connectivity index (χ1v) is 9.05. The molecule has 1 atom stereocenters. The molecule has 0 unspecified atom stereocenters. The number of H-pyrrole nitrogens is 1. The number of aromatic amines is 1. The highest BCUT2D eigenvalue weighted by molar-refractivity contribution is 5.78. The number of carbonyl (C=O) groups excluding carboxylic acids is 1. The first kappa shape index (κ1) is 17.2. The molecule has 0 fully saturated rings. The lowest BCUT2D eigenvalue weighted by Gasteiger charge is -2.30. The number of hydrogen-bond donors (Lipinski definition) is 1. The summed E-state index contributed by atoms with van der Waals surface area (Å²) in [4.78, 5) is 34.6. The molecule has 1 amide bonds. The highest BCUT2D eigenvalue weighted by Gasteiger charge is 2.27. The summed E-state index contributed by atoms with van der Waals surface area (Å²) in [6.45, 7) is 3.33. The molecule has 1 N–H and O–H groups in total. The minimum atomic E-state index is -0.193. The molecule has 0 saturated heterocycles. The van der Waals surface area contributed by atoms with Gasteiger partial charge in [-0.15, -0.1) is 0 Å². The summed E-state index contributed by atoms with van der Waals surface area (Å²) in [5.41, 5.74) is 2.10. The van der Waals surface area contributed by atoms with E-state index in [-0.39, 0.29) is 17.4 Å². The maximum atomic E-state index is 12.8. The van der Waals surface area contributed by atoms with Crippen LogP contribution in [0.4, 0.5) is 0 Å². The fraction of sp³-hybridized carbons (Fsp3) is 0.300. The Morgan fingerprint density at radius 1 is 1.26 bits per heavy atom. The largest absolute Gasteiger partial charge is 0.336 e. The van der Waals surface area contributed by atoms with Crippen LogP contribution < -0.4 is 5.56 Å². The zero-order valence-electron chi connectivity index (χ0n) is 15.1. The van der Waals surface area contributed by atoms with E-state index >= 15 is 0 Å². The van der Waals surface area contributed by atoms with Crippen LogP contribution >= 0.6 is 0 Å². The van der Waals surface area contributed by atoms with Gasteiger partial charge < -0.3 is 9.88 Å². The number of nitrogens with zero attached hydrogens (tertiary/aromatic N) is 4. The summed E-state index contributed by atoms with van der Waals surface area (Å²) in [5.74, 6) is 0.403. The lowest BCUT2D eigenvalue weighted by molar-refractivity contribution is -0.136. The molecule has 1 aliphatic heterocycles. The van der Waals surface area contributed by atoms with Gasteiger partial charge in [-0.05, 0) is 12.5 Å². The molecule has 0 saturated carbocycles. The molecule has 4 rings (SSSR count). The molecular formula is C20H21N5O2. The number of aromatic nitrogens is 4. The molecule has 3 aromatic rings. The maximum absolute atomic E-state index is 12.8. The van der Waals surface area contributed by atoms with Gasteiger partial charge in [0, 0.05) is 30.1 Å². The fourth-order valence-electron chi connectivity index (χ4n) is 3.44. The van der Waals surface area contributed by atoms with Gasteiger partial charge in [-0.3, -0.25) is 14.3 Å². The number of benzene rings is 1. The van der Waals surface area contributed by atoms with E-state index in [1.54, 1.807) is 15.8 Å². The molecule has 7 heteroatoms. The molecule has 3 heterocycles. The third-order valence-electron chi connectivity index (χ3n) is 4.87. The topological polar surface area (TPSA) is 83.9 Å². The predicted molar refractivity (Wildman–Crippen MR) is 101 cm³/mol. The molecule has 0 spiro atoms. The lowest BCUT2D eigenvalue weighted by atomic mass is 10.0. The van der Waals surface area contributed by atoms with E-state index in [1.165, 1.54) is 0 Å². The first-order valence-electron chi connectivity index (χ1n) is 9.05. The van der Waals surface area contributed by atoms with Crippen molar-refractivity contribution in [3.63, 3.8) is 0 Å². The zero-order valence-corrected chi connectivity index (χ0v) is 15.1. The lowest BCUT2D eigenvalue weighted by Crippen LogP contribution is -2.42. The summed E-state index contributed by atoms with van der Waals surface area (Å²) in [7, 11) is 0. The number of hydrogen-bond acceptors (Lipinski definition) is 4. The van der Waals surface area contributed by atoms with Crippen LogP contribution in [0, 0.1) is 5.92 Å². The average molecular weight is 363 g/mol. The Labute approximate surface area is 156 Å². The highest BCUT2D eigenvalue weighted by Crippen LogP contribution is 2.20. The third kappa shape index (κ3) is 3.53.